The highest BCUT2D eigenvalue weighted by atomic mass is 14.9. The number of anilines is 1. The third kappa shape index (κ3) is 2.46. The average Bonchev–Trinajstić information content (AvgIpc) is 2.85. The van der Waals surface area contributed by atoms with E-state index >= 15 is 0 Å². The van der Waals surface area contributed by atoms with E-state index in [0.29, 0.717) is 0 Å². The van der Waals surface area contributed by atoms with Crippen molar-refractivity contribution in [1.29, 1.82) is 0 Å². The minimum atomic E-state index is 0.878. The zero-order valence-electron chi connectivity index (χ0n) is 10.2. The smallest absolute Gasteiger partial charge is 0.0474 e. The SMILES string of the molecule is c1cc2ccc(NCC3CCCCC3)cc2[nH]1. The fourth-order valence-corrected chi connectivity index (χ4v) is 2.81. The summed E-state index contributed by atoms with van der Waals surface area (Å²) in [5, 5.41) is 4.86. The number of aromatic nitrogens is 1. The average molecular weight is 228 g/mol. The van der Waals surface area contributed by atoms with Crippen LogP contribution in [0, 0.1) is 5.92 Å². The molecule has 1 aliphatic rings. The van der Waals surface area contributed by atoms with E-state index in [1.54, 1.807) is 0 Å². The molecule has 0 amide bonds. The normalized spacial score (nSPS) is 17.4. The van der Waals surface area contributed by atoms with E-state index in [4.69, 9.17) is 0 Å². The van der Waals surface area contributed by atoms with Crippen molar-refractivity contribution in [1.82, 2.24) is 4.98 Å². The minimum Gasteiger partial charge on any atom is -0.385 e. The van der Waals surface area contributed by atoms with Crippen molar-refractivity contribution in [3.05, 3.63) is 30.5 Å². The van der Waals surface area contributed by atoms with Gasteiger partial charge in [0.1, 0.15) is 0 Å². The molecule has 0 aliphatic heterocycles. The first-order valence-electron chi connectivity index (χ1n) is 6.73. The van der Waals surface area contributed by atoms with Gasteiger partial charge in [0.25, 0.3) is 0 Å². The van der Waals surface area contributed by atoms with Gasteiger partial charge in [0.2, 0.25) is 0 Å². The second-order valence-corrected chi connectivity index (χ2v) is 5.16. The molecule has 90 valence electrons. The van der Waals surface area contributed by atoms with Crippen LogP contribution in [0.3, 0.4) is 0 Å². The molecule has 0 bridgehead atoms. The molecule has 2 N–H and O–H groups in total. The Balaban J connectivity index is 1.63. The first kappa shape index (κ1) is 10.7. The highest BCUT2D eigenvalue weighted by molar-refractivity contribution is 5.82. The second-order valence-electron chi connectivity index (χ2n) is 5.16. The maximum absolute atomic E-state index is 3.58. The summed E-state index contributed by atoms with van der Waals surface area (Å²) in [7, 11) is 0. The largest absolute Gasteiger partial charge is 0.385 e. The van der Waals surface area contributed by atoms with E-state index in [1.807, 2.05) is 6.20 Å². The number of hydrogen-bond acceptors (Lipinski definition) is 1. The van der Waals surface area contributed by atoms with Crippen LogP contribution >= 0.6 is 0 Å². The summed E-state index contributed by atoms with van der Waals surface area (Å²) in [6.07, 6.45) is 9.07. The molecule has 1 aromatic carbocycles. The molecule has 1 fully saturated rings. The predicted molar refractivity (Wildman–Crippen MR) is 73.4 cm³/mol. The van der Waals surface area contributed by atoms with Crippen LogP contribution in [-0.2, 0) is 0 Å². The molecule has 0 spiro atoms. The summed E-state index contributed by atoms with van der Waals surface area (Å²) in [6, 6.07) is 8.67. The van der Waals surface area contributed by atoms with Gasteiger partial charge in [0.15, 0.2) is 0 Å². The molecule has 1 aromatic heterocycles. The van der Waals surface area contributed by atoms with Crippen molar-refractivity contribution < 1.29 is 0 Å². The quantitative estimate of drug-likeness (QED) is 0.811. The van der Waals surface area contributed by atoms with Crippen LogP contribution in [0.4, 0.5) is 5.69 Å². The van der Waals surface area contributed by atoms with E-state index in [9.17, 15) is 0 Å². The lowest BCUT2D eigenvalue weighted by atomic mass is 9.89. The minimum absolute atomic E-state index is 0.878. The van der Waals surface area contributed by atoms with Crippen LogP contribution in [-0.4, -0.2) is 11.5 Å². The molecule has 2 aromatic rings. The molecule has 17 heavy (non-hydrogen) atoms. The van der Waals surface area contributed by atoms with Crippen molar-refractivity contribution in [3.8, 4) is 0 Å². The predicted octanol–water partition coefficient (Wildman–Crippen LogP) is 4.16. The summed E-state index contributed by atoms with van der Waals surface area (Å²) in [5.74, 6) is 0.878. The van der Waals surface area contributed by atoms with Gasteiger partial charge in [0.05, 0.1) is 0 Å². The highest BCUT2D eigenvalue weighted by Gasteiger charge is 2.12. The summed E-state index contributed by atoms with van der Waals surface area (Å²) in [6.45, 7) is 1.13. The van der Waals surface area contributed by atoms with Gasteiger partial charge in [-0.15, -0.1) is 0 Å². The Kier molecular flexibility index (Phi) is 3.04. The lowest BCUT2D eigenvalue weighted by Crippen LogP contribution is -2.16. The van der Waals surface area contributed by atoms with Gasteiger partial charge >= 0.3 is 0 Å². The number of fused-ring (bicyclic) bond motifs is 1. The van der Waals surface area contributed by atoms with Crippen LogP contribution in [0.2, 0.25) is 0 Å². The van der Waals surface area contributed by atoms with Gasteiger partial charge in [0, 0.05) is 23.9 Å². The van der Waals surface area contributed by atoms with Crippen molar-refractivity contribution >= 4 is 16.6 Å². The van der Waals surface area contributed by atoms with E-state index in [2.05, 4.69) is 34.6 Å². The number of rotatable bonds is 3. The third-order valence-electron chi connectivity index (χ3n) is 3.87. The number of H-pyrrole nitrogens is 1. The second kappa shape index (κ2) is 4.82. The van der Waals surface area contributed by atoms with Gasteiger partial charge < -0.3 is 10.3 Å². The van der Waals surface area contributed by atoms with Crippen LogP contribution < -0.4 is 5.32 Å². The standard InChI is InChI=1S/C15H20N2/c1-2-4-12(5-3-1)11-17-14-7-6-13-8-9-16-15(13)10-14/h6-10,12,16-17H,1-5,11H2. The lowest BCUT2D eigenvalue weighted by Gasteiger charge is -2.22. The lowest BCUT2D eigenvalue weighted by molar-refractivity contribution is 0.373. The van der Waals surface area contributed by atoms with E-state index < -0.39 is 0 Å². The summed E-state index contributed by atoms with van der Waals surface area (Å²) in [5.41, 5.74) is 2.46. The fourth-order valence-electron chi connectivity index (χ4n) is 2.81. The first-order valence-corrected chi connectivity index (χ1v) is 6.73. The molecule has 2 heteroatoms. The van der Waals surface area contributed by atoms with Crippen molar-refractivity contribution in [2.24, 2.45) is 5.92 Å². The highest BCUT2D eigenvalue weighted by Crippen LogP contribution is 2.24. The molecule has 1 heterocycles. The fraction of sp³-hybridized carbons (Fsp3) is 0.467. The molecule has 0 atom stereocenters. The molecule has 0 radical (unpaired) electrons. The van der Waals surface area contributed by atoms with Crippen LogP contribution in [0.5, 0.6) is 0 Å². The molecule has 3 rings (SSSR count). The number of aromatic amines is 1. The van der Waals surface area contributed by atoms with E-state index in [0.717, 1.165) is 12.5 Å². The molecular weight excluding hydrogens is 208 g/mol. The van der Waals surface area contributed by atoms with E-state index in [-0.39, 0.29) is 0 Å². The molecule has 0 saturated heterocycles. The van der Waals surface area contributed by atoms with Crippen LogP contribution in [0.1, 0.15) is 32.1 Å². The first-order chi connectivity index (χ1) is 8.42. The van der Waals surface area contributed by atoms with Crippen LogP contribution in [0.15, 0.2) is 30.5 Å². The molecule has 1 saturated carbocycles. The maximum Gasteiger partial charge on any atom is 0.0474 e. The van der Waals surface area contributed by atoms with Crippen molar-refractivity contribution in [2.45, 2.75) is 32.1 Å². The Bertz CT molecular complexity index is 480. The number of nitrogens with one attached hydrogen (secondary N) is 2. The van der Waals surface area contributed by atoms with Gasteiger partial charge in [-0.1, -0.05) is 25.3 Å². The van der Waals surface area contributed by atoms with Crippen molar-refractivity contribution in [3.63, 3.8) is 0 Å². The van der Waals surface area contributed by atoms with Crippen molar-refractivity contribution in [2.75, 3.05) is 11.9 Å². The van der Waals surface area contributed by atoms with Gasteiger partial charge in [-0.25, -0.2) is 0 Å². The molecule has 0 unspecified atom stereocenters. The summed E-state index contributed by atoms with van der Waals surface area (Å²) >= 11 is 0. The summed E-state index contributed by atoms with van der Waals surface area (Å²) < 4.78 is 0. The Morgan fingerprint density at radius 3 is 2.88 bits per heavy atom. The van der Waals surface area contributed by atoms with Gasteiger partial charge in [-0.05, 0) is 42.3 Å². The maximum atomic E-state index is 3.58. The third-order valence-corrected chi connectivity index (χ3v) is 3.87. The molecule has 1 aliphatic carbocycles. The summed E-state index contributed by atoms with van der Waals surface area (Å²) in [4.78, 5) is 3.26. The van der Waals surface area contributed by atoms with Gasteiger partial charge in [-0.3, -0.25) is 0 Å². The molecular formula is C15H20N2. The monoisotopic (exact) mass is 228 g/mol. The van der Waals surface area contributed by atoms with E-state index in [1.165, 1.54) is 48.7 Å². The van der Waals surface area contributed by atoms with Gasteiger partial charge in [-0.2, -0.15) is 0 Å². The zero-order chi connectivity index (χ0) is 11.5. The Morgan fingerprint density at radius 2 is 2.00 bits per heavy atom. The van der Waals surface area contributed by atoms with Crippen LogP contribution in [0.25, 0.3) is 10.9 Å². The number of benzene rings is 1. The molecule has 2 nitrogen and oxygen atoms in total. The zero-order valence-corrected chi connectivity index (χ0v) is 10.2. The Morgan fingerprint density at radius 1 is 1.12 bits per heavy atom. The number of hydrogen-bond donors (Lipinski definition) is 2. The topological polar surface area (TPSA) is 27.8 Å². The Hall–Kier alpha value is -1.44. The Labute approximate surface area is 102 Å².